The van der Waals surface area contributed by atoms with Crippen molar-refractivity contribution >= 4 is 28.7 Å². The van der Waals surface area contributed by atoms with Gasteiger partial charge >= 0.3 is 6.18 Å². The molecule has 24 heavy (non-hydrogen) atoms. The molecule has 0 aliphatic carbocycles. The van der Waals surface area contributed by atoms with Crippen LogP contribution >= 0.6 is 11.9 Å². The van der Waals surface area contributed by atoms with Crippen molar-refractivity contribution in [1.82, 2.24) is 14.8 Å². The summed E-state index contributed by atoms with van der Waals surface area (Å²) in [6, 6.07) is 6.90. The molecule has 2 N–H and O–H groups in total. The number of anilines is 1. The van der Waals surface area contributed by atoms with Crippen molar-refractivity contribution in [3.05, 3.63) is 51.9 Å². The highest BCUT2D eigenvalue weighted by molar-refractivity contribution is 8.00. The van der Waals surface area contributed by atoms with Crippen molar-refractivity contribution in [2.45, 2.75) is 18.0 Å². The molecule has 126 valence electrons. The molecule has 0 saturated heterocycles. The Kier molecular flexibility index (Phi) is 4.04. The molecule has 0 aliphatic heterocycles. The number of alkyl halides is 3. The van der Waals surface area contributed by atoms with Crippen LogP contribution in [0.3, 0.4) is 0 Å². The van der Waals surface area contributed by atoms with E-state index in [0.29, 0.717) is 11.0 Å². The van der Waals surface area contributed by atoms with Crippen LogP contribution in [-0.2, 0) is 13.2 Å². The largest absolute Gasteiger partial charge is 0.417 e. The summed E-state index contributed by atoms with van der Waals surface area (Å²) in [7, 11) is 1.77. The van der Waals surface area contributed by atoms with Crippen LogP contribution in [0, 0.1) is 6.92 Å². The van der Waals surface area contributed by atoms with E-state index in [9.17, 15) is 18.0 Å². The van der Waals surface area contributed by atoms with Crippen molar-refractivity contribution in [1.29, 1.82) is 0 Å². The van der Waals surface area contributed by atoms with Crippen LogP contribution in [0.5, 0.6) is 0 Å². The molecule has 2 heterocycles. The van der Waals surface area contributed by atoms with Crippen molar-refractivity contribution in [2.75, 3.05) is 4.72 Å². The van der Waals surface area contributed by atoms with Gasteiger partial charge in [0.1, 0.15) is 5.82 Å². The van der Waals surface area contributed by atoms with Gasteiger partial charge < -0.3 is 9.71 Å². The van der Waals surface area contributed by atoms with Gasteiger partial charge in [-0.25, -0.2) is 0 Å². The van der Waals surface area contributed by atoms with E-state index < -0.39 is 17.3 Å². The van der Waals surface area contributed by atoms with Crippen molar-refractivity contribution < 1.29 is 13.2 Å². The smallest absolute Gasteiger partial charge is 0.322 e. The summed E-state index contributed by atoms with van der Waals surface area (Å²) in [5.41, 5.74) is -0.745. The Bertz CT molecular complexity index is 961. The third-order valence-corrected chi connectivity index (χ3v) is 4.20. The maximum Gasteiger partial charge on any atom is 0.417 e. The standard InChI is InChI=1S/C15H13F3N4OS/c1-8-5-13(22(2)20-8)21-24-9-3-4-12-10(6-9)11(15(16,17)18)7-14(23)19-12/h3-7,21H,1-2H3,(H,19,23). The SMILES string of the molecule is Cc1cc(NSc2ccc3[nH]c(=O)cc(C(F)(F)F)c3c2)n(C)n1. The lowest BCUT2D eigenvalue weighted by Crippen LogP contribution is -2.13. The van der Waals surface area contributed by atoms with Crippen LogP contribution in [0.1, 0.15) is 11.3 Å². The highest BCUT2D eigenvalue weighted by Gasteiger charge is 2.33. The number of fused-ring (bicyclic) bond motifs is 1. The molecule has 0 fully saturated rings. The molecule has 1 aromatic carbocycles. The summed E-state index contributed by atoms with van der Waals surface area (Å²) in [6.45, 7) is 1.85. The number of nitrogens with zero attached hydrogens (tertiary/aromatic N) is 2. The van der Waals surface area contributed by atoms with Gasteiger partial charge in [0.05, 0.1) is 11.3 Å². The van der Waals surface area contributed by atoms with Crippen LogP contribution in [0.4, 0.5) is 19.0 Å². The fraction of sp³-hybridized carbons (Fsp3) is 0.200. The first-order valence-electron chi connectivity index (χ1n) is 6.92. The van der Waals surface area contributed by atoms with Crippen LogP contribution in [0.15, 0.2) is 40.0 Å². The summed E-state index contributed by atoms with van der Waals surface area (Å²) in [5, 5.41) is 4.14. The zero-order chi connectivity index (χ0) is 17.5. The van der Waals surface area contributed by atoms with Gasteiger partial charge in [-0.05, 0) is 37.1 Å². The molecule has 0 atom stereocenters. The van der Waals surface area contributed by atoms with Crippen LogP contribution in [0.25, 0.3) is 10.9 Å². The Morgan fingerprint density at radius 3 is 2.62 bits per heavy atom. The van der Waals surface area contributed by atoms with Crippen molar-refractivity contribution in [3.8, 4) is 0 Å². The number of hydrogen-bond acceptors (Lipinski definition) is 4. The molecule has 0 unspecified atom stereocenters. The second-order valence-electron chi connectivity index (χ2n) is 5.25. The van der Waals surface area contributed by atoms with E-state index in [0.717, 1.165) is 11.5 Å². The van der Waals surface area contributed by atoms with Crippen molar-refractivity contribution in [2.24, 2.45) is 7.05 Å². The van der Waals surface area contributed by atoms with Gasteiger partial charge in [-0.15, -0.1) is 0 Å². The Hall–Kier alpha value is -2.42. The minimum absolute atomic E-state index is 0.0462. The number of aromatic amines is 1. The number of aromatic nitrogens is 3. The normalized spacial score (nSPS) is 11.9. The lowest BCUT2D eigenvalue weighted by Gasteiger charge is -2.11. The van der Waals surface area contributed by atoms with Crippen molar-refractivity contribution in [3.63, 3.8) is 0 Å². The third kappa shape index (κ3) is 3.25. The molecule has 0 amide bonds. The minimum Gasteiger partial charge on any atom is -0.322 e. The van der Waals surface area contributed by atoms with Gasteiger partial charge in [-0.2, -0.15) is 18.3 Å². The molecule has 0 saturated carbocycles. The number of H-pyrrole nitrogens is 1. The molecule has 3 aromatic rings. The lowest BCUT2D eigenvalue weighted by atomic mass is 10.1. The molecule has 0 bridgehead atoms. The van der Waals surface area contributed by atoms with Gasteiger partial charge in [0, 0.05) is 35.0 Å². The maximum absolute atomic E-state index is 13.1. The Morgan fingerprint density at radius 1 is 1.25 bits per heavy atom. The van der Waals surface area contributed by atoms with E-state index >= 15 is 0 Å². The zero-order valence-electron chi connectivity index (χ0n) is 12.7. The molecule has 5 nitrogen and oxygen atoms in total. The number of hydrogen-bond donors (Lipinski definition) is 2. The highest BCUT2D eigenvalue weighted by Crippen LogP contribution is 2.35. The first kappa shape index (κ1) is 16.4. The molecule has 0 radical (unpaired) electrons. The van der Waals surface area contributed by atoms with Crippen LogP contribution in [0.2, 0.25) is 0 Å². The molecule has 2 aromatic heterocycles. The van der Waals surface area contributed by atoms with Crippen LogP contribution < -0.4 is 10.3 Å². The molecule has 3 rings (SSSR count). The second-order valence-corrected chi connectivity index (χ2v) is 6.13. The molecule has 0 aliphatic rings. The summed E-state index contributed by atoms with van der Waals surface area (Å²) in [5.74, 6) is 0.732. The molecular formula is C15H13F3N4OS. The van der Waals surface area contributed by atoms with E-state index in [1.165, 1.54) is 24.1 Å². The fourth-order valence-corrected chi connectivity index (χ4v) is 3.07. The number of benzene rings is 1. The summed E-state index contributed by atoms with van der Waals surface area (Å²) in [6.07, 6.45) is -4.59. The average molecular weight is 354 g/mol. The predicted octanol–water partition coefficient (Wildman–Crippen LogP) is 3.71. The number of nitrogens with one attached hydrogen (secondary N) is 2. The first-order chi connectivity index (χ1) is 11.2. The third-order valence-electron chi connectivity index (χ3n) is 3.40. The lowest BCUT2D eigenvalue weighted by molar-refractivity contribution is -0.136. The monoisotopic (exact) mass is 354 g/mol. The van der Waals surface area contributed by atoms with E-state index in [4.69, 9.17) is 0 Å². The Balaban J connectivity index is 1.97. The summed E-state index contributed by atoms with van der Waals surface area (Å²) < 4.78 is 44.1. The minimum atomic E-state index is -4.59. The van der Waals surface area contributed by atoms with E-state index in [1.807, 2.05) is 13.0 Å². The molecule has 9 heteroatoms. The quantitative estimate of drug-likeness (QED) is 0.704. The van der Waals surface area contributed by atoms with E-state index in [-0.39, 0.29) is 10.9 Å². The van der Waals surface area contributed by atoms with Gasteiger partial charge in [0.15, 0.2) is 0 Å². The highest BCUT2D eigenvalue weighted by atomic mass is 32.2. The summed E-state index contributed by atoms with van der Waals surface area (Å²) in [4.78, 5) is 14.4. The molecular weight excluding hydrogens is 341 g/mol. The summed E-state index contributed by atoms with van der Waals surface area (Å²) >= 11 is 1.17. The van der Waals surface area contributed by atoms with Gasteiger partial charge in [0.2, 0.25) is 5.56 Å². The second kappa shape index (κ2) is 5.90. The van der Waals surface area contributed by atoms with Crippen LogP contribution in [-0.4, -0.2) is 14.8 Å². The average Bonchev–Trinajstić information content (AvgIpc) is 2.81. The maximum atomic E-state index is 13.1. The van der Waals surface area contributed by atoms with Gasteiger partial charge in [-0.3, -0.25) is 9.48 Å². The number of halogens is 3. The number of pyridine rings is 1. The number of rotatable bonds is 3. The van der Waals surface area contributed by atoms with E-state index in [1.54, 1.807) is 17.8 Å². The van der Waals surface area contributed by atoms with Gasteiger partial charge in [-0.1, -0.05) is 0 Å². The van der Waals surface area contributed by atoms with Gasteiger partial charge in [0.25, 0.3) is 0 Å². The Morgan fingerprint density at radius 2 is 2.00 bits per heavy atom. The van der Waals surface area contributed by atoms with E-state index in [2.05, 4.69) is 14.8 Å². The molecule has 0 spiro atoms. The Labute approximate surface area is 139 Å². The number of aryl methyl sites for hydroxylation is 2. The topological polar surface area (TPSA) is 62.7 Å². The zero-order valence-corrected chi connectivity index (χ0v) is 13.5. The predicted molar refractivity (Wildman–Crippen MR) is 87.0 cm³/mol. The first-order valence-corrected chi connectivity index (χ1v) is 7.73. The fourth-order valence-electron chi connectivity index (χ4n) is 2.35.